The second-order valence-electron chi connectivity index (χ2n) is 6.86. The molecule has 0 amide bonds. The molecule has 0 bridgehead atoms. The number of hydrogen-bond acceptors (Lipinski definition) is 6. The molecule has 2 heterocycles. The zero-order valence-electron chi connectivity index (χ0n) is 15.9. The van der Waals surface area contributed by atoms with Gasteiger partial charge in [-0.25, -0.2) is 8.42 Å². The molecule has 3 aromatic rings. The van der Waals surface area contributed by atoms with Crippen molar-refractivity contribution in [2.75, 3.05) is 31.1 Å². The van der Waals surface area contributed by atoms with Crippen LogP contribution in [0.1, 0.15) is 11.1 Å². The van der Waals surface area contributed by atoms with Crippen molar-refractivity contribution in [1.29, 1.82) is 0 Å². The summed E-state index contributed by atoms with van der Waals surface area (Å²) in [5, 5.41) is 12.0. The van der Waals surface area contributed by atoms with Gasteiger partial charge in [0.15, 0.2) is 0 Å². The van der Waals surface area contributed by atoms with E-state index in [1.54, 1.807) is 16.8 Å². The van der Waals surface area contributed by atoms with Gasteiger partial charge in [0, 0.05) is 26.2 Å². The van der Waals surface area contributed by atoms with Crippen molar-refractivity contribution in [3.8, 4) is 5.69 Å². The van der Waals surface area contributed by atoms with E-state index < -0.39 is 10.0 Å². The van der Waals surface area contributed by atoms with Gasteiger partial charge in [0.05, 0.1) is 10.6 Å². The van der Waals surface area contributed by atoms with Gasteiger partial charge in [-0.2, -0.15) is 8.99 Å². The van der Waals surface area contributed by atoms with Gasteiger partial charge in [0.1, 0.15) is 0 Å². The van der Waals surface area contributed by atoms with E-state index >= 15 is 0 Å². The van der Waals surface area contributed by atoms with Gasteiger partial charge >= 0.3 is 0 Å². The molecular weight excluding hydrogens is 376 g/mol. The molecule has 2 aromatic carbocycles. The molecule has 28 heavy (non-hydrogen) atoms. The van der Waals surface area contributed by atoms with Gasteiger partial charge in [0.2, 0.25) is 16.0 Å². The first kappa shape index (κ1) is 18.6. The Kier molecular flexibility index (Phi) is 4.86. The van der Waals surface area contributed by atoms with Crippen LogP contribution in [-0.2, 0) is 10.0 Å². The molecule has 0 spiro atoms. The molecule has 1 fully saturated rings. The molecule has 0 unspecified atom stereocenters. The van der Waals surface area contributed by atoms with Gasteiger partial charge in [-0.05, 0) is 59.7 Å². The van der Waals surface area contributed by atoms with E-state index in [9.17, 15) is 8.42 Å². The third-order valence-corrected chi connectivity index (χ3v) is 6.99. The van der Waals surface area contributed by atoms with E-state index in [0.29, 0.717) is 37.0 Å². The second-order valence-corrected chi connectivity index (χ2v) is 8.80. The largest absolute Gasteiger partial charge is 0.337 e. The van der Waals surface area contributed by atoms with Crippen molar-refractivity contribution >= 4 is 16.0 Å². The lowest BCUT2D eigenvalue weighted by atomic mass is 10.1. The molecule has 0 N–H and O–H groups in total. The van der Waals surface area contributed by atoms with Gasteiger partial charge in [0.25, 0.3) is 0 Å². The Morgan fingerprint density at radius 2 is 1.61 bits per heavy atom. The molecule has 1 aliphatic heterocycles. The van der Waals surface area contributed by atoms with Crippen LogP contribution in [0.3, 0.4) is 0 Å². The smallest absolute Gasteiger partial charge is 0.250 e. The van der Waals surface area contributed by atoms with E-state index in [-0.39, 0.29) is 0 Å². The highest BCUT2D eigenvalue weighted by atomic mass is 32.2. The Labute approximate surface area is 164 Å². The number of para-hydroxylation sites is 1. The summed E-state index contributed by atoms with van der Waals surface area (Å²) in [4.78, 5) is 2.36. The minimum atomic E-state index is -3.51. The summed E-state index contributed by atoms with van der Waals surface area (Å²) in [6.07, 6.45) is 0. The molecule has 1 aliphatic rings. The molecule has 1 aromatic heterocycles. The lowest BCUT2D eigenvalue weighted by Crippen LogP contribution is -2.49. The first-order valence-corrected chi connectivity index (χ1v) is 10.6. The van der Waals surface area contributed by atoms with Crippen molar-refractivity contribution in [3.63, 3.8) is 0 Å². The fourth-order valence-corrected chi connectivity index (χ4v) is 4.78. The van der Waals surface area contributed by atoms with Crippen LogP contribution in [0, 0.1) is 13.8 Å². The number of aryl methyl sites for hydroxylation is 2. The van der Waals surface area contributed by atoms with Crippen LogP contribution in [0.15, 0.2) is 53.4 Å². The minimum Gasteiger partial charge on any atom is -0.337 e. The lowest BCUT2D eigenvalue weighted by Gasteiger charge is -2.34. The molecule has 0 radical (unpaired) electrons. The zero-order chi connectivity index (χ0) is 19.7. The third-order valence-electron chi connectivity index (χ3n) is 5.09. The van der Waals surface area contributed by atoms with Crippen LogP contribution < -0.4 is 4.90 Å². The Balaban J connectivity index is 1.51. The van der Waals surface area contributed by atoms with E-state index in [4.69, 9.17) is 0 Å². The number of nitrogens with zero attached hydrogens (tertiary/aromatic N) is 6. The monoisotopic (exact) mass is 398 g/mol. The van der Waals surface area contributed by atoms with Crippen LogP contribution >= 0.6 is 0 Å². The molecule has 4 rings (SSSR count). The van der Waals surface area contributed by atoms with Crippen molar-refractivity contribution in [3.05, 3.63) is 59.7 Å². The van der Waals surface area contributed by atoms with Crippen LogP contribution in [0.2, 0.25) is 0 Å². The fraction of sp³-hybridized carbons (Fsp3) is 0.316. The summed E-state index contributed by atoms with van der Waals surface area (Å²) >= 11 is 0. The Morgan fingerprint density at radius 1 is 0.893 bits per heavy atom. The maximum absolute atomic E-state index is 13.0. The van der Waals surface area contributed by atoms with E-state index in [0.717, 1.165) is 16.8 Å². The average Bonchev–Trinajstić information content (AvgIpc) is 3.20. The van der Waals surface area contributed by atoms with Crippen molar-refractivity contribution in [2.24, 2.45) is 0 Å². The van der Waals surface area contributed by atoms with Crippen molar-refractivity contribution < 1.29 is 8.42 Å². The molecule has 0 atom stereocenters. The normalized spacial score (nSPS) is 15.7. The lowest BCUT2D eigenvalue weighted by molar-refractivity contribution is 0.381. The van der Waals surface area contributed by atoms with E-state index in [1.165, 1.54) is 4.31 Å². The number of hydrogen-bond donors (Lipinski definition) is 0. The Bertz CT molecular complexity index is 1070. The Hall–Kier alpha value is -2.78. The number of piperazine rings is 1. The summed E-state index contributed by atoms with van der Waals surface area (Å²) < 4.78 is 29.2. The summed E-state index contributed by atoms with van der Waals surface area (Å²) in [7, 11) is -3.51. The first-order valence-electron chi connectivity index (χ1n) is 9.13. The van der Waals surface area contributed by atoms with Gasteiger partial charge in [-0.1, -0.05) is 29.4 Å². The summed E-state index contributed by atoms with van der Waals surface area (Å²) in [5.74, 6) is 0.620. The van der Waals surface area contributed by atoms with Crippen molar-refractivity contribution in [2.45, 2.75) is 18.7 Å². The van der Waals surface area contributed by atoms with Gasteiger partial charge in [-0.15, -0.1) is 0 Å². The number of tetrazole rings is 1. The SMILES string of the molecule is Cc1ccc(S(=O)(=O)N2CCN(c3nnnn3-c3ccccc3)CC2)cc1C. The van der Waals surface area contributed by atoms with E-state index in [1.807, 2.05) is 55.1 Å². The summed E-state index contributed by atoms with van der Waals surface area (Å²) in [6, 6.07) is 14.9. The standard InChI is InChI=1S/C19H22N6O2S/c1-15-8-9-18(14-16(15)2)28(26,27)24-12-10-23(11-13-24)19-20-21-22-25(19)17-6-4-3-5-7-17/h3-9,14H,10-13H2,1-2H3. The summed E-state index contributed by atoms with van der Waals surface area (Å²) in [5.41, 5.74) is 2.92. The highest BCUT2D eigenvalue weighted by Gasteiger charge is 2.30. The van der Waals surface area contributed by atoms with E-state index in [2.05, 4.69) is 15.5 Å². The number of aromatic nitrogens is 4. The highest BCUT2D eigenvalue weighted by Crippen LogP contribution is 2.22. The average molecular weight is 398 g/mol. The Morgan fingerprint density at radius 3 is 2.29 bits per heavy atom. The second kappa shape index (κ2) is 7.33. The number of anilines is 1. The topological polar surface area (TPSA) is 84.2 Å². The highest BCUT2D eigenvalue weighted by molar-refractivity contribution is 7.89. The zero-order valence-corrected chi connectivity index (χ0v) is 16.7. The van der Waals surface area contributed by atoms with Crippen LogP contribution in [-0.4, -0.2) is 59.1 Å². The van der Waals surface area contributed by atoms with Crippen LogP contribution in [0.5, 0.6) is 0 Å². The fourth-order valence-electron chi connectivity index (χ4n) is 3.27. The van der Waals surface area contributed by atoms with Crippen LogP contribution in [0.25, 0.3) is 5.69 Å². The molecule has 0 aliphatic carbocycles. The number of benzene rings is 2. The molecule has 0 saturated carbocycles. The molecule has 1 saturated heterocycles. The van der Waals surface area contributed by atoms with Crippen LogP contribution in [0.4, 0.5) is 5.95 Å². The molecule has 9 heteroatoms. The number of rotatable bonds is 4. The molecular formula is C19H22N6O2S. The number of sulfonamides is 1. The van der Waals surface area contributed by atoms with Gasteiger partial charge in [-0.3, -0.25) is 0 Å². The summed E-state index contributed by atoms with van der Waals surface area (Å²) in [6.45, 7) is 5.72. The molecule has 146 valence electrons. The first-order chi connectivity index (χ1) is 13.5. The maximum atomic E-state index is 13.0. The third kappa shape index (κ3) is 3.38. The quantitative estimate of drug-likeness (QED) is 0.666. The minimum absolute atomic E-state index is 0.346. The van der Waals surface area contributed by atoms with Gasteiger partial charge < -0.3 is 4.90 Å². The predicted octanol–water partition coefficient (Wildman–Crippen LogP) is 1.79. The predicted molar refractivity (Wildman–Crippen MR) is 106 cm³/mol. The van der Waals surface area contributed by atoms with Crippen molar-refractivity contribution in [1.82, 2.24) is 24.5 Å². The maximum Gasteiger partial charge on any atom is 0.250 e. The molecule has 8 nitrogen and oxygen atoms in total.